The highest BCUT2D eigenvalue weighted by Gasteiger charge is 2.49. The minimum atomic E-state index is -0.349. The Morgan fingerprint density at radius 2 is 2.14 bits per heavy atom. The van der Waals surface area contributed by atoms with E-state index in [1.807, 2.05) is 0 Å². The first-order valence-corrected chi connectivity index (χ1v) is 6.21. The molecule has 2 saturated carbocycles. The van der Waals surface area contributed by atoms with E-state index in [-0.39, 0.29) is 5.60 Å². The predicted octanol–water partition coefficient (Wildman–Crippen LogP) is 1.54. The van der Waals surface area contributed by atoms with E-state index in [1.165, 1.54) is 25.7 Å². The summed E-state index contributed by atoms with van der Waals surface area (Å²) in [5.41, 5.74) is -0.349. The van der Waals surface area contributed by atoms with Gasteiger partial charge in [0, 0.05) is 6.54 Å². The van der Waals surface area contributed by atoms with E-state index >= 15 is 0 Å². The largest absolute Gasteiger partial charge is 0.388 e. The number of rotatable bonds is 1. The van der Waals surface area contributed by atoms with Crippen molar-refractivity contribution in [3.05, 3.63) is 0 Å². The molecule has 2 aliphatic carbocycles. The van der Waals surface area contributed by atoms with E-state index in [0.29, 0.717) is 5.92 Å². The monoisotopic (exact) mass is 195 g/mol. The van der Waals surface area contributed by atoms with Crippen molar-refractivity contribution in [3.8, 4) is 0 Å². The van der Waals surface area contributed by atoms with E-state index < -0.39 is 0 Å². The van der Waals surface area contributed by atoms with Crippen molar-refractivity contribution in [2.24, 2.45) is 17.8 Å². The zero-order chi connectivity index (χ0) is 9.60. The zero-order valence-electron chi connectivity index (χ0n) is 8.84. The minimum Gasteiger partial charge on any atom is -0.388 e. The molecule has 3 aliphatic rings. The molecular weight excluding hydrogens is 174 g/mol. The molecule has 0 radical (unpaired) electrons. The first kappa shape index (κ1) is 9.17. The molecular formula is C12H21NO. The molecule has 0 spiro atoms. The van der Waals surface area contributed by atoms with Gasteiger partial charge in [-0.1, -0.05) is 6.42 Å². The van der Waals surface area contributed by atoms with Crippen LogP contribution in [0.15, 0.2) is 0 Å². The number of hydrogen-bond acceptors (Lipinski definition) is 2. The number of aliphatic hydroxyl groups is 1. The summed E-state index contributed by atoms with van der Waals surface area (Å²) < 4.78 is 0. The third-order valence-corrected chi connectivity index (χ3v) is 4.82. The highest BCUT2D eigenvalue weighted by Crippen LogP contribution is 2.53. The van der Waals surface area contributed by atoms with E-state index in [4.69, 9.17) is 0 Å². The van der Waals surface area contributed by atoms with Gasteiger partial charge in [0.2, 0.25) is 0 Å². The Hall–Kier alpha value is -0.0800. The molecule has 1 heterocycles. The molecule has 3 rings (SSSR count). The van der Waals surface area contributed by atoms with Crippen LogP contribution in [0, 0.1) is 17.8 Å². The molecule has 2 heteroatoms. The van der Waals surface area contributed by atoms with Gasteiger partial charge in [0.15, 0.2) is 0 Å². The molecule has 0 aromatic rings. The second kappa shape index (κ2) is 3.21. The van der Waals surface area contributed by atoms with Gasteiger partial charge in [-0.3, -0.25) is 0 Å². The van der Waals surface area contributed by atoms with Crippen molar-refractivity contribution < 1.29 is 5.11 Å². The van der Waals surface area contributed by atoms with E-state index in [9.17, 15) is 5.11 Å². The number of hydrogen-bond donors (Lipinski definition) is 2. The topological polar surface area (TPSA) is 32.3 Å². The molecule has 2 N–H and O–H groups in total. The number of fused-ring (bicyclic) bond motifs is 2. The quantitative estimate of drug-likeness (QED) is 0.665. The molecule has 3 fully saturated rings. The summed E-state index contributed by atoms with van der Waals surface area (Å²) in [5.74, 6) is 2.43. The maximum Gasteiger partial charge on any atom is 0.0802 e. The van der Waals surface area contributed by atoms with Gasteiger partial charge < -0.3 is 10.4 Å². The van der Waals surface area contributed by atoms with E-state index in [1.54, 1.807) is 0 Å². The van der Waals surface area contributed by atoms with Crippen molar-refractivity contribution in [2.75, 3.05) is 13.1 Å². The molecule has 1 aliphatic heterocycles. The first-order chi connectivity index (χ1) is 6.78. The SMILES string of the molecule is OC1(C2CC3CCC2C3)CCCNC1. The molecule has 0 aromatic carbocycles. The Balaban J connectivity index is 1.74. The van der Waals surface area contributed by atoms with Crippen molar-refractivity contribution in [2.45, 2.75) is 44.1 Å². The summed E-state index contributed by atoms with van der Waals surface area (Å²) in [6.07, 6.45) is 7.73. The van der Waals surface area contributed by atoms with Crippen LogP contribution in [0.1, 0.15) is 38.5 Å². The van der Waals surface area contributed by atoms with Crippen LogP contribution in [0.25, 0.3) is 0 Å². The van der Waals surface area contributed by atoms with Crippen LogP contribution in [0.3, 0.4) is 0 Å². The lowest BCUT2D eigenvalue weighted by atomic mass is 9.73. The molecule has 2 nitrogen and oxygen atoms in total. The molecule has 2 bridgehead atoms. The third kappa shape index (κ3) is 1.31. The second-order valence-electron chi connectivity index (χ2n) is 5.67. The van der Waals surface area contributed by atoms with Crippen LogP contribution in [0.2, 0.25) is 0 Å². The number of β-amino-alcohol motifs (C(OH)–C–C–N with tert-alkyl or cyclic N) is 1. The maximum absolute atomic E-state index is 10.6. The summed E-state index contributed by atoms with van der Waals surface area (Å²) in [4.78, 5) is 0. The smallest absolute Gasteiger partial charge is 0.0802 e. The highest BCUT2D eigenvalue weighted by molar-refractivity contribution is 5.01. The molecule has 4 atom stereocenters. The standard InChI is InChI=1S/C12H21NO/c14-12(4-1-5-13-8-12)11-7-9-2-3-10(11)6-9/h9-11,13-14H,1-8H2. The summed E-state index contributed by atoms with van der Waals surface area (Å²) in [6, 6.07) is 0. The van der Waals surface area contributed by atoms with Gasteiger partial charge in [0.05, 0.1) is 5.60 Å². The van der Waals surface area contributed by atoms with Crippen LogP contribution >= 0.6 is 0 Å². The van der Waals surface area contributed by atoms with Gasteiger partial charge in [-0.25, -0.2) is 0 Å². The predicted molar refractivity (Wildman–Crippen MR) is 56.0 cm³/mol. The second-order valence-corrected chi connectivity index (χ2v) is 5.67. The molecule has 1 saturated heterocycles. The third-order valence-electron chi connectivity index (χ3n) is 4.82. The number of nitrogens with one attached hydrogen (secondary N) is 1. The summed E-state index contributed by atoms with van der Waals surface area (Å²) >= 11 is 0. The summed E-state index contributed by atoms with van der Waals surface area (Å²) in [6.45, 7) is 1.95. The fraction of sp³-hybridized carbons (Fsp3) is 1.00. The maximum atomic E-state index is 10.6. The lowest BCUT2D eigenvalue weighted by molar-refractivity contribution is -0.0570. The normalized spacial score (nSPS) is 52.5. The number of piperidine rings is 1. The molecule has 4 unspecified atom stereocenters. The first-order valence-electron chi connectivity index (χ1n) is 6.21. The average Bonchev–Trinajstić information content (AvgIpc) is 2.80. The van der Waals surface area contributed by atoms with E-state index in [2.05, 4.69) is 5.32 Å². The average molecular weight is 195 g/mol. The van der Waals surface area contributed by atoms with Crippen LogP contribution in [-0.2, 0) is 0 Å². The van der Waals surface area contributed by atoms with Crippen molar-refractivity contribution in [1.82, 2.24) is 5.32 Å². The lowest BCUT2D eigenvalue weighted by Gasteiger charge is -2.41. The lowest BCUT2D eigenvalue weighted by Crippen LogP contribution is -2.52. The Morgan fingerprint density at radius 3 is 2.71 bits per heavy atom. The van der Waals surface area contributed by atoms with Crippen LogP contribution in [-0.4, -0.2) is 23.8 Å². The fourth-order valence-corrected chi connectivity index (χ4v) is 4.13. The van der Waals surface area contributed by atoms with E-state index in [0.717, 1.165) is 37.8 Å². The summed E-state index contributed by atoms with van der Waals surface area (Å²) in [5, 5.41) is 14.0. The van der Waals surface area contributed by atoms with Gasteiger partial charge in [0.1, 0.15) is 0 Å². The molecule has 0 amide bonds. The Labute approximate surface area is 86.1 Å². The van der Waals surface area contributed by atoms with Crippen LogP contribution < -0.4 is 5.32 Å². The highest BCUT2D eigenvalue weighted by atomic mass is 16.3. The van der Waals surface area contributed by atoms with Crippen molar-refractivity contribution in [1.29, 1.82) is 0 Å². The Morgan fingerprint density at radius 1 is 1.21 bits per heavy atom. The molecule has 14 heavy (non-hydrogen) atoms. The van der Waals surface area contributed by atoms with Gasteiger partial charge >= 0.3 is 0 Å². The molecule has 0 aromatic heterocycles. The Kier molecular flexibility index (Phi) is 2.10. The van der Waals surface area contributed by atoms with Gasteiger partial charge in [-0.05, 0) is 56.4 Å². The zero-order valence-corrected chi connectivity index (χ0v) is 8.84. The Bertz CT molecular complexity index is 222. The van der Waals surface area contributed by atoms with Gasteiger partial charge in [-0.2, -0.15) is 0 Å². The van der Waals surface area contributed by atoms with Gasteiger partial charge in [0.25, 0.3) is 0 Å². The fourth-order valence-electron chi connectivity index (χ4n) is 4.13. The summed E-state index contributed by atoms with van der Waals surface area (Å²) in [7, 11) is 0. The van der Waals surface area contributed by atoms with Crippen molar-refractivity contribution >= 4 is 0 Å². The van der Waals surface area contributed by atoms with Crippen molar-refractivity contribution in [3.63, 3.8) is 0 Å². The van der Waals surface area contributed by atoms with Crippen LogP contribution in [0.5, 0.6) is 0 Å². The van der Waals surface area contributed by atoms with Crippen LogP contribution in [0.4, 0.5) is 0 Å². The van der Waals surface area contributed by atoms with Gasteiger partial charge in [-0.15, -0.1) is 0 Å². The minimum absolute atomic E-state index is 0.349. The molecule has 80 valence electrons.